The van der Waals surface area contributed by atoms with Gasteiger partial charge in [-0.1, -0.05) is 12.8 Å². The average molecular weight is 264 g/mol. The first-order chi connectivity index (χ1) is 9.15. The number of carbonyl (C=O) groups is 1. The van der Waals surface area contributed by atoms with E-state index in [0.29, 0.717) is 17.5 Å². The number of hydrogen-bond acceptors (Lipinski definition) is 5. The summed E-state index contributed by atoms with van der Waals surface area (Å²) in [4.78, 5) is 11.7. The van der Waals surface area contributed by atoms with Crippen LogP contribution >= 0.6 is 0 Å². The summed E-state index contributed by atoms with van der Waals surface area (Å²) < 4.78 is 9.95. The highest BCUT2D eigenvalue weighted by molar-refractivity contribution is 5.99. The molecule has 1 aliphatic rings. The van der Waals surface area contributed by atoms with Crippen molar-refractivity contribution in [2.45, 2.75) is 31.7 Å². The molecule has 3 N–H and O–H groups in total. The Hall–Kier alpha value is -1.91. The number of nitrogen functional groups attached to an aromatic ring is 1. The molecule has 0 bridgehead atoms. The topological polar surface area (TPSA) is 73.6 Å². The lowest BCUT2D eigenvalue weighted by Gasteiger charge is -2.17. The lowest BCUT2D eigenvalue weighted by molar-refractivity contribution is 0.0598. The van der Waals surface area contributed by atoms with Gasteiger partial charge in [0.2, 0.25) is 0 Å². The van der Waals surface area contributed by atoms with Gasteiger partial charge >= 0.3 is 5.97 Å². The maximum absolute atomic E-state index is 11.7. The fourth-order valence-corrected chi connectivity index (χ4v) is 2.51. The zero-order valence-corrected chi connectivity index (χ0v) is 11.4. The zero-order chi connectivity index (χ0) is 13.8. The van der Waals surface area contributed by atoms with E-state index in [2.05, 4.69) is 5.32 Å². The minimum absolute atomic E-state index is 0.280. The number of benzene rings is 1. The van der Waals surface area contributed by atoms with Crippen LogP contribution < -0.4 is 15.8 Å². The largest absolute Gasteiger partial charge is 0.496 e. The third-order valence-corrected chi connectivity index (χ3v) is 3.47. The standard InChI is InChI=1S/C14H20N2O3/c1-18-12-8-10(16-9-5-3-4-6-9)7-11(15)13(12)14(17)19-2/h7-9,16H,3-6,15H2,1-2H3. The predicted molar refractivity (Wildman–Crippen MR) is 74.6 cm³/mol. The summed E-state index contributed by atoms with van der Waals surface area (Å²) in [6, 6.07) is 4.03. The fourth-order valence-electron chi connectivity index (χ4n) is 2.51. The van der Waals surface area contributed by atoms with Crippen molar-refractivity contribution >= 4 is 17.3 Å². The molecule has 2 rings (SSSR count). The van der Waals surface area contributed by atoms with Gasteiger partial charge in [-0.05, 0) is 18.9 Å². The molecule has 5 heteroatoms. The maximum Gasteiger partial charge on any atom is 0.343 e. The minimum atomic E-state index is -0.484. The molecule has 0 saturated heterocycles. The van der Waals surface area contributed by atoms with E-state index < -0.39 is 5.97 Å². The lowest BCUT2D eigenvalue weighted by Crippen LogP contribution is -2.15. The summed E-state index contributed by atoms with van der Waals surface area (Å²) >= 11 is 0. The van der Waals surface area contributed by atoms with Crippen molar-refractivity contribution in [2.75, 3.05) is 25.3 Å². The number of rotatable bonds is 4. The van der Waals surface area contributed by atoms with Crippen LogP contribution in [0.1, 0.15) is 36.0 Å². The van der Waals surface area contributed by atoms with E-state index in [0.717, 1.165) is 5.69 Å². The highest BCUT2D eigenvalue weighted by atomic mass is 16.5. The van der Waals surface area contributed by atoms with E-state index in [4.69, 9.17) is 15.2 Å². The van der Waals surface area contributed by atoms with E-state index in [-0.39, 0.29) is 5.56 Å². The van der Waals surface area contributed by atoms with Crippen LogP contribution in [-0.4, -0.2) is 26.2 Å². The van der Waals surface area contributed by atoms with Gasteiger partial charge in [0.05, 0.1) is 19.9 Å². The predicted octanol–water partition coefficient (Wildman–Crippen LogP) is 2.42. The number of nitrogens with one attached hydrogen (secondary N) is 1. The van der Waals surface area contributed by atoms with E-state index in [1.165, 1.54) is 39.9 Å². The van der Waals surface area contributed by atoms with Gasteiger partial charge in [-0.3, -0.25) is 0 Å². The van der Waals surface area contributed by atoms with Crippen LogP contribution in [-0.2, 0) is 4.74 Å². The number of esters is 1. The van der Waals surface area contributed by atoms with E-state index in [9.17, 15) is 4.79 Å². The van der Waals surface area contributed by atoms with E-state index in [1.807, 2.05) is 0 Å². The van der Waals surface area contributed by atoms with Crippen LogP contribution in [0.5, 0.6) is 5.75 Å². The van der Waals surface area contributed by atoms with Gasteiger partial charge in [0, 0.05) is 17.8 Å². The van der Waals surface area contributed by atoms with Crippen molar-refractivity contribution in [3.05, 3.63) is 17.7 Å². The summed E-state index contributed by atoms with van der Waals surface area (Å²) in [6.45, 7) is 0. The first-order valence-corrected chi connectivity index (χ1v) is 6.48. The Labute approximate surface area is 113 Å². The first kappa shape index (κ1) is 13.5. The third kappa shape index (κ3) is 2.92. The van der Waals surface area contributed by atoms with Crippen LogP contribution in [0, 0.1) is 0 Å². The van der Waals surface area contributed by atoms with Gasteiger partial charge in [-0.2, -0.15) is 0 Å². The summed E-state index contributed by atoms with van der Waals surface area (Å²) in [5.41, 5.74) is 7.46. The molecule has 19 heavy (non-hydrogen) atoms. The second-order valence-electron chi connectivity index (χ2n) is 4.76. The van der Waals surface area contributed by atoms with Crippen molar-refractivity contribution in [3.8, 4) is 5.75 Å². The lowest BCUT2D eigenvalue weighted by atomic mass is 10.1. The Morgan fingerprint density at radius 1 is 1.32 bits per heavy atom. The number of nitrogens with two attached hydrogens (primary N) is 1. The monoisotopic (exact) mass is 264 g/mol. The SMILES string of the molecule is COC(=O)c1c(N)cc(NC2CCCC2)cc1OC. The molecule has 0 unspecified atom stereocenters. The summed E-state index contributed by atoms with van der Waals surface area (Å²) in [7, 11) is 2.84. The van der Waals surface area contributed by atoms with Gasteiger partial charge < -0.3 is 20.5 Å². The van der Waals surface area contributed by atoms with Crippen molar-refractivity contribution in [1.29, 1.82) is 0 Å². The fraction of sp³-hybridized carbons (Fsp3) is 0.500. The third-order valence-electron chi connectivity index (χ3n) is 3.47. The Bertz CT molecular complexity index is 468. The second-order valence-corrected chi connectivity index (χ2v) is 4.76. The van der Waals surface area contributed by atoms with Crippen LogP contribution in [0.2, 0.25) is 0 Å². The molecule has 1 aliphatic carbocycles. The Morgan fingerprint density at radius 3 is 2.58 bits per heavy atom. The van der Waals surface area contributed by atoms with Gasteiger partial charge in [0.1, 0.15) is 11.3 Å². The van der Waals surface area contributed by atoms with Crippen LogP contribution in [0.25, 0.3) is 0 Å². The number of methoxy groups -OCH3 is 2. The second kappa shape index (κ2) is 5.82. The van der Waals surface area contributed by atoms with E-state index >= 15 is 0 Å². The summed E-state index contributed by atoms with van der Waals surface area (Å²) in [5.74, 6) is -0.0471. The molecule has 0 atom stereocenters. The molecule has 104 valence electrons. The highest BCUT2D eigenvalue weighted by Gasteiger charge is 2.20. The molecule has 0 aromatic heterocycles. The molecule has 0 spiro atoms. The zero-order valence-electron chi connectivity index (χ0n) is 11.4. The molecular weight excluding hydrogens is 244 g/mol. The van der Waals surface area contributed by atoms with Crippen molar-refractivity contribution < 1.29 is 14.3 Å². The highest BCUT2D eigenvalue weighted by Crippen LogP contribution is 2.31. The van der Waals surface area contributed by atoms with Crippen LogP contribution in [0.15, 0.2) is 12.1 Å². The molecule has 1 aromatic rings. The number of hydrogen-bond donors (Lipinski definition) is 2. The maximum atomic E-state index is 11.7. The molecule has 1 saturated carbocycles. The Kier molecular flexibility index (Phi) is 4.14. The van der Waals surface area contributed by atoms with Crippen LogP contribution in [0.3, 0.4) is 0 Å². The normalized spacial score (nSPS) is 15.3. The smallest absolute Gasteiger partial charge is 0.343 e. The molecule has 0 heterocycles. The average Bonchev–Trinajstić information content (AvgIpc) is 2.90. The summed E-state index contributed by atoms with van der Waals surface area (Å²) in [6.07, 6.45) is 4.84. The van der Waals surface area contributed by atoms with Gasteiger partial charge in [0.15, 0.2) is 0 Å². The van der Waals surface area contributed by atoms with Gasteiger partial charge in [-0.25, -0.2) is 4.79 Å². The van der Waals surface area contributed by atoms with Crippen LogP contribution in [0.4, 0.5) is 11.4 Å². The number of carbonyl (C=O) groups excluding carboxylic acids is 1. The molecule has 0 aliphatic heterocycles. The van der Waals surface area contributed by atoms with Gasteiger partial charge in [0.25, 0.3) is 0 Å². The van der Waals surface area contributed by atoms with E-state index in [1.54, 1.807) is 12.1 Å². The number of anilines is 2. The van der Waals surface area contributed by atoms with Crippen molar-refractivity contribution in [3.63, 3.8) is 0 Å². The van der Waals surface area contributed by atoms with Crippen molar-refractivity contribution in [1.82, 2.24) is 0 Å². The Morgan fingerprint density at radius 2 is 2.00 bits per heavy atom. The van der Waals surface area contributed by atoms with Gasteiger partial charge in [-0.15, -0.1) is 0 Å². The van der Waals surface area contributed by atoms with Crippen molar-refractivity contribution in [2.24, 2.45) is 0 Å². The molecule has 0 amide bonds. The molecule has 1 aromatic carbocycles. The quantitative estimate of drug-likeness (QED) is 0.645. The molecule has 0 radical (unpaired) electrons. The minimum Gasteiger partial charge on any atom is -0.496 e. The molecule has 5 nitrogen and oxygen atoms in total. The summed E-state index contributed by atoms with van der Waals surface area (Å²) in [5, 5.41) is 3.43. The molecular formula is C14H20N2O3. The number of ether oxygens (including phenoxy) is 2. The Balaban J connectivity index is 2.27. The molecule has 1 fully saturated rings. The first-order valence-electron chi connectivity index (χ1n) is 6.48.